The Balaban J connectivity index is 2.33. The zero-order chi connectivity index (χ0) is 12.5. The van der Waals surface area contributed by atoms with Crippen LogP contribution in [0.1, 0.15) is 19.4 Å². The minimum atomic E-state index is -0.188. The highest BCUT2D eigenvalue weighted by molar-refractivity contribution is 6.31. The zero-order valence-electron chi connectivity index (χ0n) is 10.4. The first-order valence-corrected chi connectivity index (χ1v) is 6.33. The van der Waals surface area contributed by atoms with Crippen molar-refractivity contribution in [3.8, 4) is 0 Å². The van der Waals surface area contributed by atoms with Gasteiger partial charge in [-0.3, -0.25) is 0 Å². The summed E-state index contributed by atoms with van der Waals surface area (Å²) in [7, 11) is 0. The van der Waals surface area contributed by atoms with Gasteiger partial charge in [0, 0.05) is 31.3 Å². The van der Waals surface area contributed by atoms with Crippen LogP contribution in [0.4, 0.5) is 0 Å². The maximum atomic E-state index is 6.06. The maximum absolute atomic E-state index is 6.06. The summed E-state index contributed by atoms with van der Waals surface area (Å²) in [6, 6.07) is 7.80. The minimum absolute atomic E-state index is 0.188. The molecule has 1 aromatic rings. The van der Waals surface area contributed by atoms with E-state index >= 15 is 0 Å². The van der Waals surface area contributed by atoms with Gasteiger partial charge in [-0.05, 0) is 25.5 Å². The molecule has 0 saturated carbocycles. The quantitative estimate of drug-likeness (QED) is 0.727. The zero-order valence-corrected chi connectivity index (χ0v) is 11.2. The number of rotatable bonds is 8. The second-order valence-electron chi connectivity index (χ2n) is 3.56. The Bertz CT molecular complexity index is 314. The SMILES string of the molecule is CCOC(CNCc1ccccc1Cl)OCC. The smallest absolute Gasteiger partial charge is 0.169 e. The van der Waals surface area contributed by atoms with E-state index in [2.05, 4.69) is 5.32 Å². The van der Waals surface area contributed by atoms with Gasteiger partial charge in [-0.25, -0.2) is 0 Å². The molecule has 0 atom stereocenters. The van der Waals surface area contributed by atoms with E-state index in [9.17, 15) is 0 Å². The molecule has 4 heteroatoms. The molecule has 0 heterocycles. The van der Waals surface area contributed by atoms with Crippen molar-refractivity contribution in [2.24, 2.45) is 0 Å². The Kier molecular flexibility index (Phi) is 7.21. The van der Waals surface area contributed by atoms with Crippen LogP contribution in [0.15, 0.2) is 24.3 Å². The van der Waals surface area contributed by atoms with E-state index < -0.39 is 0 Å². The van der Waals surface area contributed by atoms with Crippen LogP contribution in [-0.2, 0) is 16.0 Å². The molecule has 17 heavy (non-hydrogen) atoms. The van der Waals surface area contributed by atoms with Crippen LogP contribution in [0, 0.1) is 0 Å². The van der Waals surface area contributed by atoms with Gasteiger partial charge >= 0.3 is 0 Å². The lowest BCUT2D eigenvalue weighted by Gasteiger charge is -2.17. The van der Waals surface area contributed by atoms with Crippen molar-refractivity contribution in [1.82, 2.24) is 5.32 Å². The van der Waals surface area contributed by atoms with Gasteiger partial charge in [-0.1, -0.05) is 29.8 Å². The Hall–Kier alpha value is -0.610. The van der Waals surface area contributed by atoms with Gasteiger partial charge in [0.25, 0.3) is 0 Å². The maximum Gasteiger partial charge on any atom is 0.169 e. The van der Waals surface area contributed by atoms with Crippen LogP contribution >= 0.6 is 11.6 Å². The standard InChI is InChI=1S/C13H20ClNO2/c1-3-16-13(17-4-2)10-15-9-11-7-5-6-8-12(11)14/h5-8,13,15H,3-4,9-10H2,1-2H3. The van der Waals surface area contributed by atoms with E-state index in [1.165, 1.54) is 0 Å². The van der Waals surface area contributed by atoms with Gasteiger partial charge in [0.05, 0.1) is 0 Å². The van der Waals surface area contributed by atoms with E-state index in [4.69, 9.17) is 21.1 Å². The molecule has 0 radical (unpaired) electrons. The number of hydrogen-bond acceptors (Lipinski definition) is 3. The second-order valence-corrected chi connectivity index (χ2v) is 3.97. The van der Waals surface area contributed by atoms with E-state index in [0.29, 0.717) is 19.8 Å². The molecule has 1 rings (SSSR count). The molecule has 0 aliphatic heterocycles. The Morgan fingerprint density at radius 3 is 2.41 bits per heavy atom. The van der Waals surface area contributed by atoms with Crippen molar-refractivity contribution in [2.75, 3.05) is 19.8 Å². The van der Waals surface area contributed by atoms with Crippen molar-refractivity contribution in [3.05, 3.63) is 34.9 Å². The molecular formula is C13H20ClNO2. The van der Waals surface area contributed by atoms with E-state index in [-0.39, 0.29) is 6.29 Å². The third-order valence-electron chi connectivity index (χ3n) is 2.29. The van der Waals surface area contributed by atoms with Gasteiger partial charge in [-0.2, -0.15) is 0 Å². The summed E-state index contributed by atoms with van der Waals surface area (Å²) in [5.41, 5.74) is 1.08. The van der Waals surface area contributed by atoms with Gasteiger partial charge in [0.1, 0.15) is 0 Å². The number of hydrogen-bond donors (Lipinski definition) is 1. The van der Waals surface area contributed by atoms with Crippen LogP contribution in [0.5, 0.6) is 0 Å². The van der Waals surface area contributed by atoms with Crippen molar-refractivity contribution in [1.29, 1.82) is 0 Å². The summed E-state index contributed by atoms with van der Waals surface area (Å²) >= 11 is 6.06. The fourth-order valence-electron chi connectivity index (χ4n) is 1.50. The van der Waals surface area contributed by atoms with Gasteiger partial charge in [0.2, 0.25) is 0 Å². The van der Waals surface area contributed by atoms with Crippen molar-refractivity contribution < 1.29 is 9.47 Å². The largest absolute Gasteiger partial charge is 0.352 e. The molecule has 0 saturated heterocycles. The highest BCUT2D eigenvalue weighted by atomic mass is 35.5. The van der Waals surface area contributed by atoms with Gasteiger partial charge < -0.3 is 14.8 Å². The molecule has 1 N–H and O–H groups in total. The topological polar surface area (TPSA) is 30.5 Å². The van der Waals surface area contributed by atoms with Crippen LogP contribution in [0.2, 0.25) is 5.02 Å². The first kappa shape index (κ1) is 14.5. The van der Waals surface area contributed by atoms with Crippen molar-refractivity contribution in [3.63, 3.8) is 0 Å². The molecule has 0 bridgehead atoms. The first-order chi connectivity index (χ1) is 8.27. The lowest BCUT2D eigenvalue weighted by atomic mass is 10.2. The fraction of sp³-hybridized carbons (Fsp3) is 0.538. The van der Waals surface area contributed by atoms with Crippen LogP contribution in [-0.4, -0.2) is 26.0 Å². The summed E-state index contributed by atoms with van der Waals surface area (Å²) in [6.07, 6.45) is -0.188. The minimum Gasteiger partial charge on any atom is -0.352 e. The van der Waals surface area contributed by atoms with Gasteiger partial charge in [-0.15, -0.1) is 0 Å². The van der Waals surface area contributed by atoms with Crippen LogP contribution in [0.3, 0.4) is 0 Å². The molecule has 0 aliphatic carbocycles. The molecular weight excluding hydrogens is 238 g/mol. The van der Waals surface area contributed by atoms with E-state index in [0.717, 1.165) is 17.1 Å². The highest BCUT2D eigenvalue weighted by Gasteiger charge is 2.07. The number of benzene rings is 1. The average molecular weight is 258 g/mol. The molecule has 0 amide bonds. The number of halogens is 1. The molecule has 0 unspecified atom stereocenters. The fourth-order valence-corrected chi connectivity index (χ4v) is 1.71. The molecule has 0 fully saturated rings. The third kappa shape index (κ3) is 5.50. The summed E-state index contributed by atoms with van der Waals surface area (Å²) in [4.78, 5) is 0. The predicted octanol–water partition coefficient (Wildman–Crippen LogP) is 2.83. The third-order valence-corrected chi connectivity index (χ3v) is 2.66. The molecule has 96 valence electrons. The molecule has 0 spiro atoms. The first-order valence-electron chi connectivity index (χ1n) is 5.95. The Morgan fingerprint density at radius 1 is 1.18 bits per heavy atom. The Morgan fingerprint density at radius 2 is 1.82 bits per heavy atom. The van der Waals surface area contributed by atoms with Crippen molar-refractivity contribution in [2.45, 2.75) is 26.7 Å². The van der Waals surface area contributed by atoms with Crippen LogP contribution in [0.25, 0.3) is 0 Å². The van der Waals surface area contributed by atoms with Gasteiger partial charge in [0.15, 0.2) is 6.29 Å². The summed E-state index contributed by atoms with van der Waals surface area (Å²) in [5.74, 6) is 0. The van der Waals surface area contributed by atoms with Crippen molar-refractivity contribution >= 4 is 11.6 Å². The lowest BCUT2D eigenvalue weighted by Crippen LogP contribution is -2.31. The normalized spacial score (nSPS) is 11.1. The number of ether oxygens (including phenoxy) is 2. The predicted molar refractivity (Wildman–Crippen MR) is 70.2 cm³/mol. The van der Waals surface area contributed by atoms with E-state index in [1.54, 1.807) is 0 Å². The van der Waals surface area contributed by atoms with E-state index in [1.807, 2.05) is 38.1 Å². The molecule has 3 nitrogen and oxygen atoms in total. The summed E-state index contributed by atoms with van der Waals surface area (Å²) in [6.45, 7) is 6.60. The summed E-state index contributed by atoms with van der Waals surface area (Å²) < 4.78 is 10.9. The molecule has 0 aromatic heterocycles. The second kappa shape index (κ2) is 8.48. The highest BCUT2D eigenvalue weighted by Crippen LogP contribution is 2.14. The lowest BCUT2D eigenvalue weighted by molar-refractivity contribution is -0.133. The monoisotopic (exact) mass is 257 g/mol. The Labute approximate surface area is 108 Å². The molecule has 1 aromatic carbocycles. The molecule has 0 aliphatic rings. The average Bonchev–Trinajstić information content (AvgIpc) is 2.32. The summed E-state index contributed by atoms with van der Waals surface area (Å²) in [5, 5.41) is 4.06. The van der Waals surface area contributed by atoms with Crippen LogP contribution < -0.4 is 5.32 Å². The number of nitrogens with one attached hydrogen (secondary N) is 1.